The van der Waals surface area contributed by atoms with E-state index >= 15 is 0 Å². The molecule has 1 aliphatic rings. The van der Waals surface area contributed by atoms with Crippen LogP contribution in [-0.2, 0) is 4.79 Å². The summed E-state index contributed by atoms with van der Waals surface area (Å²) in [6, 6.07) is 6.63. The number of primary amides is 1. The van der Waals surface area contributed by atoms with E-state index in [0.717, 1.165) is 5.75 Å². The van der Waals surface area contributed by atoms with Crippen LogP contribution in [0.1, 0.15) is 6.42 Å². The molecule has 0 bridgehead atoms. The van der Waals surface area contributed by atoms with Gasteiger partial charge in [0.2, 0.25) is 5.91 Å². The Hall–Kier alpha value is -2.28. The van der Waals surface area contributed by atoms with Gasteiger partial charge in [-0.15, -0.1) is 0 Å². The Morgan fingerprint density at radius 1 is 1.43 bits per heavy atom. The summed E-state index contributed by atoms with van der Waals surface area (Å²) in [6.07, 6.45) is 0.156. The summed E-state index contributed by atoms with van der Waals surface area (Å²) in [4.78, 5) is 25.0. The highest BCUT2D eigenvalue weighted by Crippen LogP contribution is 2.16. The van der Waals surface area contributed by atoms with Crippen molar-refractivity contribution in [3.63, 3.8) is 0 Å². The molecule has 3 amide bonds. The van der Waals surface area contributed by atoms with Crippen molar-refractivity contribution in [3.8, 4) is 5.75 Å². The minimum absolute atomic E-state index is 0.156. The van der Waals surface area contributed by atoms with Gasteiger partial charge < -0.3 is 26.0 Å². The molecule has 1 aromatic rings. The van der Waals surface area contributed by atoms with Crippen molar-refractivity contribution in [2.75, 3.05) is 32.1 Å². The molecular formula is C14H20N4O3. The number of rotatable bonds is 4. The van der Waals surface area contributed by atoms with E-state index in [0.29, 0.717) is 25.3 Å². The average Bonchev–Trinajstić information content (AvgIpc) is 2.48. The number of nitrogens with one attached hydrogen (secondary N) is 2. The first-order chi connectivity index (χ1) is 10.1. The van der Waals surface area contributed by atoms with E-state index in [1.54, 1.807) is 36.3 Å². The maximum atomic E-state index is 12.3. The molecule has 1 heterocycles. The second-order valence-electron chi connectivity index (χ2n) is 4.88. The lowest BCUT2D eigenvalue weighted by molar-refractivity contribution is -0.119. The van der Waals surface area contributed by atoms with Gasteiger partial charge in [-0.3, -0.25) is 4.79 Å². The van der Waals surface area contributed by atoms with Gasteiger partial charge in [0, 0.05) is 31.7 Å². The lowest BCUT2D eigenvalue weighted by atomic mass is 10.1. The quantitative estimate of drug-likeness (QED) is 0.747. The van der Waals surface area contributed by atoms with Crippen LogP contribution < -0.4 is 21.1 Å². The number of methoxy groups -OCH3 is 1. The van der Waals surface area contributed by atoms with E-state index < -0.39 is 5.91 Å². The number of nitrogens with zero attached hydrogens (tertiary/aromatic N) is 1. The zero-order valence-corrected chi connectivity index (χ0v) is 12.0. The molecule has 1 atom stereocenters. The summed E-state index contributed by atoms with van der Waals surface area (Å²) in [6.45, 7) is 1.81. The van der Waals surface area contributed by atoms with Gasteiger partial charge in [-0.2, -0.15) is 0 Å². The Balaban J connectivity index is 2.00. The molecule has 0 aromatic heterocycles. The number of carbonyl (C=O) groups is 2. The van der Waals surface area contributed by atoms with E-state index in [-0.39, 0.29) is 18.5 Å². The predicted octanol–water partition coefficient (Wildman–Crippen LogP) is 0.376. The third kappa shape index (κ3) is 4.09. The molecule has 4 N–H and O–H groups in total. The van der Waals surface area contributed by atoms with Gasteiger partial charge in [-0.25, -0.2) is 4.79 Å². The van der Waals surface area contributed by atoms with Crippen molar-refractivity contribution in [2.45, 2.75) is 12.5 Å². The monoisotopic (exact) mass is 292 g/mol. The van der Waals surface area contributed by atoms with Gasteiger partial charge in [-0.05, 0) is 24.3 Å². The molecular weight excluding hydrogens is 272 g/mol. The van der Waals surface area contributed by atoms with Gasteiger partial charge in [-0.1, -0.05) is 0 Å². The summed E-state index contributed by atoms with van der Waals surface area (Å²) < 4.78 is 5.07. The second-order valence-corrected chi connectivity index (χ2v) is 4.88. The first kappa shape index (κ1) is 15.1. The van der Waals surface area contributed by atoms with E-state index in [1.807, 2.05) is 0 Å². The SMILES string of the molecule is COc1ccc(NC(=O)N2CCNCC2CC(N)=O)cc1. The Morgan fingerprint density at radius 3 is 2.76 bits per heavy atom. The van der Waals surface area contributed by atoms with Crippen LogP contribution in [0.4, 0.5) is 10.5 Å². The molecule has 1 fully saturated rings. The van der Waals surface area contributed by atoms with E-state index in [4.69, 9.17) is 10.5 Å². The summed E-state index contributed by atoms with van der Waals surface area (Å²) in [5.41, 5.74) is 5.91. The Labute approximate surface area is 123 Å². The maximum Gasteiger partial charge on any atom is 0.322 e. The zero-order chi connectivity index (χ0) is 15.2. The van der Waals surface area contributed by atoms with Crippen LogP contribution in [0.15, 0.2) is 24.3 Å². The molecule has 0 aliphatic carbocycles. The van der Waals surface area contributed by atoms with Crippen LogP contribution >= 0.6 is 0 Å². The van der Waals surface area contributed by atoms with Crippen molar-refractivity contribution >= 4 is 17.6 Å². The van der Waals surface area contributed by atoms with E-state index in [1.165, 1.54) is 0 Å². The first-order valence-electron chi connectivity index (χ1n) is 6.81. The maximum absolute atomic E-state index is 12.3. The highest BCUT2D eigenvalue weighted by Gasteiger charge is 2.27. The Kier molecular flexibility index (Phi) is 4.99. The minimum atomic E-state index is -0.411. The normalized spacial score (nSPS) is 18.1. The minimum Gasteiger partial charge on any atom is -0.497 e. The lowest BCUT2D eigenvalue weighted by Crippen LogP contribution is -2.55. The second kappa shape index (κ2) is 6.94. The average molecular weight is 292 g/mol. The zero-order valence-electron chi connectivity index (χ0n) is 12.0. The highest BCUT2D eigenvalue weighted by molar-refractivity contribution is 5.90. The van der Waals surface area contributed by atoms with E-state index in [9.17, 15) is 9.59 Å². The number of carbonyl (C=O) groups excluding carboxylic acids is 2. The molecule has 7 heteroatoms. The summed E-state index contributed by atoms with van der Waals surface area (Å²) in [7, 11) is 1.59. The number of urea groups is 1. The van der Waals surface area contributed by atoms with Crippen LogP contribution in [0.25, 0.3) is 0 Å². The molecule has 0 radical (unpaired) electrons. The van der Waals surface area contributed by atoms with Crippen molar-refractivity contribution in [1.29, 1.82) is 0 Å². The standard InChI is InChI=1S/C14H20N4O3/c1-21-12-4-2-10(3-5-12)17-14(20)18-7-6-16-9-11(18)8-13(15)19/h2-5,11,16H,6-9H2,1H3,(H2,15,19)(H,17,20). The predicted molar refractivity (Wildman–Crippen MR) is 79.2 cm³/mol. The first-order valence-corrected chi connectivity index (χ1v) is 6.81. The Morgan fingerprint density at radius 2 is 2.14 bits per heavy atom. The number of amides is 3. The number of nitrogens with two attached hydrogens (primary N) is 1. The molecule has 7 nitrogen and oxygen atoms in total. The molecule has 1 aromatic carbocycles. The van der Waals surface area contributed by atoms with Crippen molar-refractivity contribution in [1.82, 2.24) is 10.2 Å². The summed E-state index contributed by atoms with van der Waals surface area (Å²) in [5, 5.41) is 5.98. The number of piperazine rings is 1. The third-order valence-corrected chi connectivity index (χ3v) is 3.39. The third-order valence-electron chi connectivity index (χ3n) is 3.39. The number of hydrogen-bond donors (Lipinski definition) is 3. The number of ether oxygens (including phenoxy) is 1. The van der Waals surface area contributed by atoms with Crippen molar-refractivity contribution < 1.29 is 14.3 Å². The van der Waals surface area contributed by atoms with Crippen LogP contribution in [0, 0.1) is 0 Å². The fourth-order valence-electron chi connectivity index (χ4n) is 2.31. The van der Waals surface area contributed by atoms with Crippen LogP contribution in [0.2, 0.25) is 0 Å². The molecule has 1 saturated heterocycles. The van der Waals surface area contributed by atoms with Crippen molar-refractivity contribution in [2.24, 2.45) is 5.73 Å². The Bertz CT molecular complexity index is 503. The number of benzene rings is 1. The van der Waals surface area contributed by atoms with Gasteiger partial charge >= 0.3 is 6.03 Å². The number of hydrogen-bond acceptors (Lipinski definition) is 4. The molecule has 21 heavy (non-hydrogen) atoms. The summed E-state index contributed by atoms with van der Waals surface area (Å²) in [5.74, 6) is 0.313. The molecule has 1 unspecified atom stereocenters. The van der Waals surface area contributed by atoms with Gasteiger partial charge in [0.15, 0.2) is 0 Å². The molecule has 0 spiro atoms. The van der Waals surface area contributed by atoms with Gasteiger partial charge in [0.1, 0.15) is 5.75 Å². The summed E-state index contributed by atoms with van der Waals surface area (Å²) >= 11 is 0. The molecule has 0 saturated carbocycles. The van der Waals surface area contributed by atoms with Gasteiger partial charge in [0.25, 0.3) is 0 Å². The molecule has 2 rings (SSSR count). The lowest BCUT2D eigenvalue weighted by Gasteiger charge is -2.35. The number of anilines is 1. The van der Waals surface area contributed by atoms with Crippen molar-refractivity contribution in [3.05, 3.63) is 24.3 Å². The topological polar surface area (TPSA) is 96.7 Å². The largest absolute Gasteiger partial charge is 0.497 e. The fourth-order valence-corrected chi connectivity index (χ4v) is 2.31. The smallest absolute Gasteiger partial charge is 0.322 e. The molecule has 114 valence electrons. The fraction of sp³-hybridized carbons (Fsp3) is 0.429. The van der Waals surface area contributed by atoms with Crippen LogP contribution in [-0.4, -0.2) is 49.6 Å². The molecule has 1 aliphatic heterocycles. The van der Waals surface area contributed by atoms with Crippen LogP contribution in [0.5, 0.6) is 5.75 Å². The highest BCUT2D eigenvalue weighted by atomic mass is 16.5. The van der Waals surface area contributed by atoms with Crippen LogP contribution in [0.3, 0.4) is 0 Å². The van der Waals surface area contributed by atoms with E-state index in [2.05, 4.69) is 10.6 Å². The van der Waals surface area contributed by atoms with Gasteiger partial charge in [0.05, 0.1) is 13.2 Å².